The van der Waals surface area contributed by atoms with Gasteiger partial charge >= 0.3 is 11.9 Å². The molecule has 0 aromatic heterocycles. The molecule has 0 saturated carbocycles. The Balaban J connectivity index is 2.35. The number of esters is 2. The first-order valence-corrected chi connectivity index (χ1v) is 8.51. The van der Waals surface area contributed by atoms with E-state index in [2.05, 4.69) is 42.7 Å². The molecule has 0 aromatic rings. The van der Waals surface area contributed by atoms with Crippen molar-refractivity contribution in [1.29, 1.82) is 5.26 Å². The van der Waals surface area contributed by atoms with Crippen LogP contribution in [-0.2, 0) is 19.1 Å². The van der Waals surface area contributed by atoms with Gasteiger partial charge in [-0.25, -0.2) is 0 Å². The van der Waals surface area contributed by atoms with Crippen molar-refractivity contribution in [3.05, 3.63) is 10.6 Å². The highest BCUT2D eigenvalue weighted by Gasteiger charge is 2.51. The number of alkyl halides is 1. The summed E-state index contributed by atoms with van der Waals surface area (Å²) in [5.74, 6) is -2.02. The molecule has 114 valence electrons. The summed E-state index contributed by atoms with van der Waals surface area (Å²) in [7, 11) is 1.29. The molecule has 0 N–H and O–H groups in total. The minimum Gasteiger partial charge on any atom is -0.469 e. The Morgan fingerprint density at radius 1 is 1.67 bits per heavy atom. The summed E-state index contributed by atoms with van der Waals surface area (Å²) in [6.07, 6.45) is 1.97. The van der Waals surface area contributed by atoms with Crippen molar-refractivity contribution < 1.29 is 19.1 Å². The maximum Gasteiger partial charge on any atom is 0.310 e. The fourth-order valence-corrected chi connectivity index (χ4v) is 5.17. The van der Waals surface area contributed by atoms with Gasteiger partial charge in [-0.1, -0.05) is 37.9 Å². The number of hydrogen-bond acceptors (Lipinski definition) is 5. The Hall–Kier alpha value is -0.870. The van der Waals surface area contributed by atoms with Crippen LogP contribution >= 0.6 is 31.9 Å². The molecule has 2 aliphatic rings. The molecule has 0 bridgehead atoms. The molecular formula is C14H15Br2NO4. The fourth-order valence-electron chi connectivity index (χ4n) is 3.15. The van der Waals surface area contributed by atoms with E-state index in [-0.39, 0.29) is 36.1 Å². The molecular weight excluding hydrogens is 406 g/mol. The third-order valence-electron chi connectivity index (χ3n) is 4.17. The van der Waals surface area contributed by atoms with Gasteiger partial charge in [0.2, 0.25) is 0 Å². The number of allylic oxidation sites excluding steroid dienone is 1. The average molecular weight is 421 g/mol. The van der Waals surface area contributed by atoms with Crippen LogP contribution in [0.5, 0.6) is 0 Å². The van der Waals surface area contributed by atoms with Crippen LogP contribution in [0, 0.1) is 40.9 Å². The molecule has 0 radical (unpaired) electrons. The summed E-state index contributed by atoms with van der Waals surface area (Å²) in [5, 5.41) is 10.1. The average Bonchev–Trinajstić information content (AvgIpc) is 2.84. The van der Waals surface area contributed by atoms with Gasteiger partial charge in [-0.2, -0.15) is 5.26 Å². The monoisotopic (exact) mass is 419 g/mol. The number of nitriles is 1. The van der Waals surface area contributed by atoms with E-state index in [4.69, 9.17) is 4.74 Å². The molecule has 0 spiro atoms. The largest absolute Gasteiger partial charge is 0.469 e. The standard InChI is InChI=1S/C14H15Br2NO4/c1-20-11(18)3-7(5-17)12-9(4-15)10(16)2-8-6-21-14(19)13(8)12/h2,7-9,12-13H,3-4,6H2,1H3/t7?,8-,9-,12+,13+/m1/s1. The van der Waals surface area contributed by atoms with Gasteiger partial charge in [0.15, 0.2) is 0 Å². The lowest BCUT2D eigenvalue weighted by Gasteiger charge is -2.37. The number of halogens is 2. The lowest BCUT2D eigenvalue weighted by Crippen LogP contribution is -2.40. The van der Waals surface area contributed by atoms with Gasteiger partial charge in [0, 0.05) is 17.2 Å². The van der Waals surface area contributed by atoms with E-state index < -0.39 is 11.9 Å². The zero-order valence-electron chi connectivity index (χ0n) is 11.4. The topological polar surface area (TPSA) is 76.4 Å². The highest BCUT2D eigenvalue weighted by Crippen LogP contribution is 2.48. The highest BCUT2D eigenvalue weighted by atomic mass is 79.9. The van der Waals surface area contributed by atoms with Gasteiger partial charge in [-0.15, -0.1) is 0 Å². The first-order chi connectivity index (χ1) is 10.0. The van der Waals surface area contributed by atoms with E-state index in [9.17, 15) is 14.9 Å². The minimum absolute atomic E-state index is 0.0159. The molecule has 1 heterocycles. The van der Waals surface area contributed by atoms with Crippen LogP contribution in [0.15, 0.2) is 10.6 Å². The number of cyclic esters (lactones) is 1. The van der Waals surface area contributed by atoms with Crippen LogP contribution in [0.2, 0.25) is 0 Å². The van der Waals surface area contributed by atoms with Crippen molar-refractivity contribution >= 4 is 43.8 Å². The van der Waals surface area contributed by atoms with E-state index >= 15 is 0 Å². The third kappa shape index (κ3) is 3.16. The molecule has 2 rings (SSSR count). The maximum atomic E-state index is 12.1. The maximum absolute atomic E-state index is 12.1. The van der Waals surface area contributed by atoms with E-state index in [1.807, 2.05) is 6.08 Å². The van der Waals surface area contributed by atoms with Crippen molar-refractivity contribution in [2.24, 2.45) is 29.6 Å². The van der Waals surface area contributed by atoms with Crippen molar-refractivity contribution in [2.45, 2.75) is 6.42 Å². The Bertz CT molecular complexity index is 514. The van der Waals surface area contributed by atoms with E-state index in [1.165, 1.54) is 7.11 Å². The van der Waals surface area contributed by atoms with Crippen molar-refractivity contribution in [3.63, 3.8) is 0 Å². The molecule has 0 amide bonds. The fraction of sp³-hybridized carbons (Fsp3) is 0.643. The second-order valence-corrected chi connectivity index (χ2v) is 6.79. The van der Waals surface area contributed by atoms with Crippen LogP contribution in [-0.4, -0.2) is 31.0 Å². The number of nitrogens with zero attached hydrogens (tertiary/aromatic N) is 1. The first-order valence-electron chi connectivity index (χ1n) is 6.59. The molecule has 1 unspecified atom stereocenters. The van der Waals surface area contributed by atoms with Crippen LogP contribution in [0.3, 0.4) is 0 Å². The predicted octanol–water partition coefficient (Wildman–Crippen LogP) is 2.40. The Morgan fingerprint density at radius 2 is 2.38 bits per heavy atom. The molecule has 0 aromatic carbocycles. The molecule has 1 saturated heterocycles. The summed E-state index contributed by atoms with van der Waals surface area (Å²) in [6.45, 7) is 0.334. The molecule has 1 fully saturated rings. The second-order valence-electron chi connectivity index (χ2n) is 5.23. The number of rotatable bonds is 4. The smallest absolute Gasteiger partial charge is 0.310 e. The van der Waals surface area contributed by atoms with Gasteiger partial charge < -0.3 is 9.47 Å². The summed E-state index contributed by atoms with van der Waals surface area (Å²) >= 11 is 6.97. The van der Waals surface area contributed by atoms with E-state index in [1.54, 1.807) is 0 Å². The number of fused-ring (bicyclic) bond motifs is 1. The second kappa shape index (κ2) is 6.93. The van der Waals surface area contributed by atoms with E-state index in [0.717, 1.165) is 4.48 Å². The first kappa shape index (κ1) is 16.5. The molecule has 7 heteroatoms. The highest BCUT2D eigenvalue weighted by molar-refractivity contribution is 9.12. The van der Waals surface area contributed by atoms with Crippen LogP contribution in [0.1, 0.15) is 6.42 Å². The quantitative estimate of drug-likeness (QED) is 0.515. The summed E-state index contributed by atoms with van der Waals surface area (Å²) in [4.78, 5) is 23.6. The number of carbonyl (C=O) groups is 2. The minimum atomic E-state index is -0.584. The van der Waals surface area contributed by atoms with Gasteiger partial charge in [0.1, 0.15) is 0 Å². The number of carbonyl (C=O) groups excluding carboxylic acids is 2. The van der Waals surface area contributed by atoms with Crippen molar-refractivity contribution in [2.75, 3.05) is 19.0 Å². The van der Waals surface area contributed by atoms with Crippen LogP contribution in [0.25, 0.3) is 0 Å². The molecule has 21 heavy (non-hydrogen) atoms. The summed E-state index contributed by atoms with van der Waals surface area (Å²) < 4.78 is 10.8. The zero-order chi connectivity index (χ0) is 15.6. The molecule has 5 atom stereocenters. The number of ether oxygens (including phenoxy) is 2. The molecule has 1 aliphatic heterocycles. The van der Waals surface area contributed by atoms with Crippen LogP contribution < -0.4 is 0 Å². The third-order valence-corrected chi connectivity index (χ3v) is 5.72. The van der Waals surface area contributed by atoms with E-state index in [0.29, 0.717) is 11.9 Å². The Labute approximate surface area is 139 Å². The summed E-state index contributed by atoms with van der Waals surface area (Å²) in [6, 6.07) is 2.18. The van der Waals surface area contributed by atoms with Gasteiger partial charge in [-0.3, -0.25) is 9.59 Å². The van der Waals surface area contributed by atoms with Crippen molar-refractivity contribution in [1.82, 2.24) is 0 Å². The van der Waals surface area contributed by atoms with Gasteiger partial charge in [0.25, 0.3) is 0 Å². The summed E-state index contributed by atoms with van der Waals surface area (Å²) in [5.41, 5.74) is 0. The number of hydrogen-bond donors (Lipinski definition) is 0. The Morgan fingerprint density at radius 3 is 2.95 bits per heavy atom. The number of methoxy groups -OCH3 is 1. The SMILES string of the molecule is COC(=O)CC(C#N)[C@@H]1[C@H]2C(=O)OC[C@H]2C=C(Br)[C@H]1CBr. The predicted molar refractivity (Wildman–Crippen MR) is 81.5 cm³/mol. The lowest BCUT2D eigenvalue weighted by molar-refractivity contribution is -0.146. The Kier molecular flexibility index (Phi) is 5.44. The molecule has 5 nitrogen and oxygen atoms in total. The van der Waals surface area contributed by atoms with Gasteiger partial charge in [0.05, 0.1) is 38.0 Å². The van der Waals surface area contributed by atoms with Gasteiger partial charge in [-0.05, 0) is 10.4 Å². The molecule has 1 aliphatic carbocycles. The zero-order valence-corrected chi connectivity index (χ0v) is 14.6. The normalized spacial score (nSPS) is 32.5. The van der Waals surface area contributed by atoms with Crippen molar-refractivity contribution in [3.8, 4) is 6.07 Å². The van der Waals surface area contributed by atoms with Crippen LogP contribution in [0.4, 0.5) is 0 Å². The lowest BCUT2D eigenvalue weighted by atomic mass is 9.66.